The predicted octanol–water partition coefficient (Wildman–Crippen LogP) is 1.71. The number of rotatable bonds is 7. The molecule has 2 heterocycles. The molecule has 0 aliphatic carbocycles. The molecule has 0 saturated carbocycles. The highest BCUT2D eigenvalue weighted by atomic mass is 16.5. The molecule has 0 radical (unpaired) electrons. The van der Waals surface area contributed by atoms with Gasteiger partial charge in [0, 0.05) is 30.6 Å². The maximum Gasteiger partial charge on any atom is 0.326 e. The molecule has 0 fully saturated rings. The molecule has 1 amide bonds. The Morgan fingerprint density at radius 2 is 2.07 bits per heavy atom. The van der Waals surface area contributed by atoms with Gasteiger partial charge in [0.2, 0.25) is 0 Å². The lowest BCUT2D eigenvalue weighted by atomic mass is 10.1. The average Bonchev–Trinajstić information content (AvgIpc) is 3.14. The van der Waals surface area contributed by atoms with Crippen LogP contribution < -0.4 is 10.1 Å². The largest absolute Gasteiger partial charge is 0.480 e. The summed E-state index contributed by atoms with van der Waals surface area (Å²) in [6, 6.07) is 6.58. The summed E-state index contributed by atoms with van der Waals surface area (Å²) in [5, 5.41) is 17.2. The van der Waals surface area contributed by atoms with E-state index in [9.17, 15) is 14.7 Å². The van der Waals surface area contributed by atoms with Crippen LogP contribution in [0.25, 0.3) is 10.9 Å². The van der Waals surface area contributed by atoms with E-state index in [4.69, 9.17) is 4.74 Å². The van der Waals surface area contributed by atoms with Gasteiger partial charge in [-0.2, -0.15) is 5.10 Å². The van der Waals surface area contributed by atoms with Crippen LogP contribution in [0.4, 0.5) is 0 Å². The number of ether oxygens (including phenoxy) is 1. The van der Waals surface area contributed by atoms with Crippen molar-refractivity contribution in [1.82, 2.24) is 20.1 Å². The summed E-state index contributed by atoms with van der Waals surface area (Å²) in [7, 11) is 1.79. The van der Waals surface area contributed by atoms with E-state index in [0.717, 1.165) is 22.2 Å². The first-order chi connectivity index (χ1) is 12.9. The number of nitrogens with one attached hydrogen (secondary N) is 2. The molecule has 2 aromatic heterocycles. The first-order valence-electron chi connectivity index (χ1n) is 8.57. The van der Waals surface area contributed by atoms with E-state index in [2.05, 4.69) is 15.4 Å². The number of carboxylic acids is 1. The Hall–Kier alpha value is -3.29. The molecule has 0 aliphatic heterocycles. The van der Waals surface area contributed by atoms with Gasteiger partial charge >= 0.3 is 5.97 Å². The summed E-state index contributed by atoms with van der Waals surface area (Å²) in [4.78, 5) is 26.9. The third-order valence-electron chi connectivity index (χ3n) is 4.52. The van der Waals surface area contributed by atoms with E-state index >= 15 is 0 Å². The minimum atomic E-state index is -1.10. The van der Waals surface area contributed by atoms with Crippen LogP contribution in [0.1, 0.15) is 17.0 Å². The molecule has 0 spiro atoms. The topological polar surface area (TPSA) is 109 Å². The lowest BCUT2D eigenvalue weighted by molar-refractivity contribution is -0.142. The molecule has 142 valence electrons. The number of hydrogen-bond donors (Lipinski definition) is 3. The molecule has 3 rings (SSSR count). The van der Waals surface area contributed by atoms with Crippen LogP contribution in [0.15, 0.2) is 30.5 Å². The quantitative estimate of drug-likeness (QED) is 0.587. The van der Waals surface area contributed by atoms with E-state index in [1.165, 1.54) is 0 Å². The first-order valence-corrected chi connectivity index (χ1v) is 8.57. The second-order valence-electron chi connectivity index (χ2n) is 6.43. The van der Waals surface area contributed by atoms with E-state index < -0.39 is 17.9 Å². The van der Waals surface area contributed by atoms with Gasteiger partial charge in [0.15, 0.2) is 12.4 Å². The minimum absolute atomic E-state index is 0.177. The zero-order chi connectivity index (χ0) is 19.6. The van der Waals surface area contributed by atoms with Crippen molar-refractivity contribution in [3.63, 3.8) is 0 Å². The third kappa shape index (κ3) is 3.94. The van der Waals surface area contributed by atoms with E-state index in [1.807, 2.05) is 31.2 Å². The standard InChI is InChI=1S/C19H22N4O4/c1-11-18(12(2)23(3)22-11)27-10-17(24)21-16(19(25)26)8-13-9-20-15-7-5-4-6-14(13)15/h4-7,9,16,20H,8,10H2,1-3H3,(H,21,24)(H,25,26)/t16-/m1/s1. The maximum atomic E-state index is 12.2. The number of H-pyrrole nitrogens is 1. The molecular weight excluding hydrogens is 348 g/mol. The Morgan fingerprint density at radius 1 is 1.33 bits per heavy atom. The van der Waals surface area contributed by atoms with Gasteiger partial charge in [-0.3, -0.25) is 9.48 Å². The molecule has 1 atom stereocenters. The molecule has 1 aromatic carbocycles. The van der Waals surface area contributed by atoms with Crippen LogP contribution in [0.3, 0.4) is 0 Å². The van der Waals surface area contributed by atoms with Gasteiger partial charge < -0.3 is 20.1 Å². The van der Waals surface area contributed by atoms with Crippen LogP contribution in [-0.4, -0.2) is 44.4 Å². The Bertz CT molecular complexity index is 989. The van der Waals surface area contributed by atoms with Gasteiger partial charge in [-0.15, -0.1) is 0 Å². The van der Waals surface area contributed by atoms with Gasteiger partial charge in [0.25, 0.3) is 5.91 Å². The number of carboxylic acid groups (broad SMARTS) is 1. The van der Waals surface area contributed by atoms with Gasteiger partial charge in [-0.05, 0) is 25.5 Å². The number of carbonyl (C=O) groups is 2. The Balaban J connectivity index is 1.65. The molecule has 0 aliphatic rings. The molecule has 0 saturated heterocycles. The number of nitrogens with zero attached hydrogens (tertiary/aromatic N) is 2. The van der Waals surface area contributed by atoms with Crippen molar-refractivity contribution in [2.24, 2.45) is 7.05 Å². The number of fused-ring (bicyclic) bond motifs is 1. The maximum absolute atomic E-state index is 12.2. The lowest BCUT2D eigenvalue weighted by Crippen LogP contribution is -2.44. The monoisotopic (exact) mass is 370 g/mol. The molecule has 27 heavy (non-hydrogen) atoms. The Morgan fingerprint density at radius 3 is 2.74 bits per heavy atom. The Kier molecular flexibility index (Phi) is 5.16. The third-order valence-corrected chi connectivity index (χ3v) is 4.52. The number of amides is 1. The van der Waals surface area contributed by atoms with E-state index in [-0.39, 0.29) is 13.0 Å². The van der Waals surface area contributed by atoms with Crippen molar-refractivity contribution in [1.29, 1.82) is 0 Å². The summed E-state index contributed by atoms with van der Waals surface area (Å²) < 4.78 is 7.21. The highest BCUT2D eigenvalue weighted by Crippen LogP contribution is 2.21. The number of aryl methyl sites for hydroxylation is 2. The summed E-state index contributed by atoms with van der Waals surface area (Å²) in [6.07, 6.45) is 1.95. The molecule has 3 N–H and O–H groups in total. The highest BCUT2D eigenvalue weighted by Gasteiger charge is 2.22. The van der Waals surface area contributed by atoms with Crippen molar-refractivity contribution in [2.75, 3.05) is 6.61 Å². The van der Waals surface area contributed by atoms with Crippen LogP contribution >= 0.6 is 0 Å². The minimum Gasteiger partial charge on any atom is -0.480 e. The average molecular weight is 370 g/mol. The van der Waals surface area contributed by atoms with Crippen LogP contribution in [-0.2, 0) is 23.1 Å². The summed E-state index contributed by atoms with van der Waals surface area (Å²) in [5.41, 5.74) is 3.23. The zero-order valence-corrected chi connectivity index (χ0v) is 15.4. The van der Waals surface area contributed by atoms with Crippen LogP contribution in [0.5, 0.6) is 5.75 Å². The zero-order valence-electron chi connectivity index (χ0n) is 15.4. The van der Waals surface area contributed by atoms with Crippen molar-refractivity contribution >= 4 is 22.8 Å². The number of aromatic amines is 1. The van der Waals surface area contributed by atoms with Crippen LogP contribution in [0.2, 0.25) is 0 Å². The van der Waals surface area contributed by atoms with Gasteiger partial charge in [0.05, 0.1) is 5.69 Å². The summed E-state index contributed by atoms with van der Waals surface area (Å²) in [6.45, 7) is 3.35. The number of para-hydroxylation sites is 1. The van der Waals surface area contributed by atoms with Crippen molar-refractivity contribution in [3.05, 3.63) is 47.4 Å². The fraction of sp³-hybridized carbons (Fsp3) is 0.316. The molecule has 0 unspecified atom stereocenters. The number of aromatic nitrogens is 3. The normalized spacial score (nSPS) is 12.1. The number of carbonyl (C=O) groups excluding carboxylic acids is 1. The highest BCUT2D eigenvalue weighted by molar-refractivity contribution is 5.87. The van der Waals surface area contributed by atoms with Crippen LogP contribution in [0, 0.1) is 13.8 Å². The first kappa shape index (κ1) is 18.5. The van der Waals surface area contributed by atoms with Crippen molar-refractivity contribution in [3.8, 4) is 5.75 Å². The summed E-state index contributed by atoms with van der Waals surface area (Å²) >= 11 is 0. The number of aliphatic carboxylic acids is 1. The molecule has 8 heteroatoms. The molecule has 8 nitrogen and oxygen atoms in total. The second-order valence-corrected chi connectivity index (χ2v) is 6.43. The van der Waals surface area contributed by atoms with Crippen molar-refractivity contribution < 1.29 is 19.4 Å². The van der Waals surface area contributed by atoms with Crippen molar-refractivity contribution in [2.45, 2.75) is 26.3 Å². The summed E-state index contributed by atoms with van der Waals surface area (Å²) in [5.74, 6) is -1.05. The molecule has 0 bridgehead atoms. The lowest BCUT2D eigenvalue weighted by Gasteiger charge is -2.15. The Labute approximate surface area is 156 Å². The fourth-order valence-corrected chi connectivity index (χ4v) is 3.06. The van der Waals surface area contributed by atoms with E-state index in [1.54, 1.807) is 24.9 Å². The molecule has 3 aromatic rings. The SMILES string of the molecule is Cc1nn(C)c(C)c1OCC(=O)N[C@H](Cc1c[nH]c2ccccc12)C(=O)O. The van der Waals surface area contributed by atoms with Gasteiger partial charge in [-0.1, -0.05) is 18.2 Å². The predicted molar refractivity (Wildman–Crippen MR) is 99.7 cm³/mol. The van der Waals surface area contributed by atoms with Gasteiger partial charge in [0.1, 0.15) is 11.7 Å². The fourth-order valence-electron chi connectivity index (χ4n) is 3.06. The number of hydrogen-bond acceptors (Lipinski definition) is 4. The number of benzene rings is 1. The van der Waals surface area contributed by atoms with Gasteiger partial charge in [-0.25, -0.2) is 4.79 Å². The van der Waals surface area contributed by atoms with E-state index in [0.29, 0.717) is 11.4 Å². The second kappa shape index (κ2) is 7.53. The molecular formula is C19H22N4O4. The smallest absolute Gasteiger partial charge is 0.326 e.